The summed E-state index contributed by atoms with van der Waals surface area (Å²) in [5, 5.41) is 0. The van der Waals surface area contributed by atoms with Crippen molar-refractivity contribution in [3.63, 3.8) is 0 Å². The van der Waals surface area contributed by atoms with Crippen molar-refractivity contribution >= 4 is 17.2 Å². The van der Waals surface area contributed by atoms with Crippen molar-refractivity contribution in [3.05, 3.63) is 18.0 Å². The average Bonchev–Trinajstić information content (AvgIpc) is 2.18. The first-order valence-corrected chi connectivity index (χ1v) is 5.21. The van der Waals surface area contributed by atoms with Crippen LogP contribution in [0.3, 0.4) is 0 Å². The number of nitrogens with two attached hydrogens (primary N) is 1. The molecule has 1 atom stereocenters. The first-order valence-electron chi connectivity index (χ1n) is 4.80. The van der Waals surface area contributed by atoms with Crippen LogP contribution in [0.4, 0.5) is 0 Å². The Bertz CT molecular complexity index is 354. The minimum Gasteiger partial charge on any atom is -0.460 e. The molecule has 1 rings (SSSR count). The zero-order valence-electron chi connectivity index (χ0n) is 9.10. The van der Waals surface area contributed by atoms with Crippen LogP contribution in [0.1, 0.15) is 26.5 Å². The lowest BCUT2D eigenvalue weighted by Crippen LogP contribution is -2.21. The maximum absolute atomic E-state index is 5.53. The van der Waals surface area contributed by atoms with Crippen LogP contribution in [-0.4, -0.2) is 21.1 Å². The highest BCUT2D eigenvalue weighted by Crippen LogP contribution is 2.10. The number of aromatic nitrogens is 2. The molecule has 0 aromatic carbocycles. The van der Waals surface area contributed by atoms with E-state index in [0.29, 0.717) is 17.6 Å². The zero-order chi connectivity index (χ0) is 11.4. The molecule has 1 aromatic rings. The molecular weight excluding hydrogens is 210 g/mol. The summed E-state index contributed by atoms with van der Waals surface area (Å²) in [5.41, 5.74) is 5.99. The number of ether oxygens (including phenoxy) is 1. The summed E-state index contributed by atoms with van der Waals surface area (Å²) >= 11 is 4.82. The topological polar surface area (TPSA) is 61.0 Å². The highest BCUT2D eigenvalue weighted by Gasteiger charge is 2.11. The summed E-state index contributed by atoms with van der Waals surface area (Å²) in [6, 6.07) is 1.98. The van der Waals surface area contributed by atoms with Crippen molar-refractivity contribution in [2.75, 3.05) is 0 Å². The molecule has 1 unspecified atom stereocenters. The number of rotatable bonds is 4. The van der Waals surface area contributed by atoms with Gasteiger partial charge in [-0.1, -0.05) is 26.1 Å². The molecular formula is C10H15N3OS. The number of hydrogen-bond donors (Lipinski definition) is 1. The van der Waals surface area contributed by atoms with Gasteiger partial charge in [-0.05, 0) is 18.9 Å². The van der Waals surface area contributed by atoms with Crippen molar-refractivity contribution < 1.29 is 4.74 Å². The Kier molecular flexibility index (Phi) is 3.96. The van der Waals surface area contributed by atoms with Crippen molar-refractivity contribution in [3.8, 4) is 6.01 Å². The van der Waals surface area contributed by atoms with Gasteiger partial charge in [-0.3, -0.25) is 0 Å². The molecule has 1 aromatic heterocycles. The van der Waals surface area contributed by atoms with E-state index < -0.39 is 0 Å². The summed E-state index contributed by atoms with van der Waals surface area (Å²) in [7, 11) is 0. The van der Waals surface area contributed by atoms with E-state index in [9.17, 15) is 0 Å². The summed E-state index contributed by atoms with van der Waals surface area (Å²) in [5.74, 6) is 0.405. The quantitative estimate of drug-likeness (QED) is 0.787. The second-order valence-corrected chi connectivity index (χ2v) is 4.10. The van der Waals surface area contributed by atoms with Gasteiger partial charge in [-0.2, -0.15) is 4.98 Å². The van der Waals surface area contributed by atoms with Crippen LogP contribution in [0.15, 0.2) is 12.3 Å². The first-order chi connectivity index (χ1) is 7.00. The molecule has 0 radical (unpaired) electrons. The Hall–Kier alpha value is -1.23. The molecule has 0 saturated heterocycles. The lowest BCUT2D eigenvalue weighted by molar-refractivity contribution is 0.155. The SMILES string of the molecule is CC(C)C(C)Oc1nccc(C(N)=S)n1. The van der Waals surface area contributed by atoms with E-state index in [-0.39, 0.29) is 11.1 Å². The molecule has 0 bridgehead atoms. The maximum Gasteiger partial charge on any atom is 0.317 e. The number of thiocarbonyl (C=S) groups is 1. The van der Waals surface area contributed by atoms with E-state index in [2.05, 4.69) is 23.8 Å². The van der Waals surface area contributed by atoms with Gasteiger partial charge in [0, 0.05) is 6.20 Å². The molecule has 0 aliphatic rings. The van der Waals surface area contributed by atoms with Gasteiger partial charge in [-0.25, -0.2) is 4.98 Å². The normalized spacial score (nSPS) is 12.5. The molecule has 2 N–H and O–H groups in total. The van der Waals surface area contributed by atoms with Crippen LogP contribution >= 0.6 is 12.2 Å². The van der Waals surface area contributed by atoms with E-state index in [0.717, 1.165) is 0 Å². The standard InChI is InChI=1S/C10H15N3OS/c1-6(2)7(3)14-10-12-5-4-8(13-10)9(11)15/h4-7H,1-3H3,(H2,11,15). The van der Waals surface area contributed by atoms with Crippen LogP contribution in [0.25, 0.3) is 0 Å². The van der Waals surface area contributed by atoms with Gasteiger partial charge in [0.25, 0.3) is 0 Å². The molecule has 0 aliphatic carbocycles. The van der Waals surface area contributed by atoms with Crippen molar-refractivity contribution in [1.82, 2.24) is 9.97 Å². The molecule has 1 heterocycles. The van der Waals surface area contributed by atoms with E-state index >= 15 is 0 Å². The highest BCUT2D eigenvalue weighted by atomic mass is 32.1. The molecule has 0 spiro atoms. The molecule has 0 fully saturated rings. The molecule has 0 amide bonds. The minimum atomic E-state index is 0.0617. The molecule has 4 nitrogen and oxygen atoms in total. The van der Waals surface area contributed by atoms with Crippen LogP contribution in [-0.2, 0) is 0 Å². The van der Waals surface area contributed by atoms with Gasteiger partial charge in [0.15, 0.2) is 0 Å². The zero-order valence-corrected chi connectivity index (χ0v) is 9.91. The molecule has 15 heavy (non-hydrogen) atoms. The van der Waals surface area contributed by atoms with E-state index in [1.807, 2.05) is 6.92 Å². The van der Waals surface area contributed by atoms with Crippen LogP contribution < -0.4 is 10.5 Å². The van der Waals surface area contributed by atoms with Crippen molar-refractivity contribution in [2.45, 2.75) is 26.9 Å². The fourth-order valence-corrected chi connectivity index (χ4v) is 0.951. The number of hydrogen-bond acceptors (Lipinski definition) is 4. The second kappa shape index (κ2) is 5.02. The van der Waals surface area contributed by atoms with Crippen molar-refractivity contribution in [2.24, 2.45) is 11.7 Å². The van der Waals surface area contributed by atoms with Gasteiger partial charge in [-0.15, -0.1) is 0 Å². The first kappa shape index (κ1) is 11.8. The summed E-state index contributed by atoms with van der Waals surface area (Å²) in [4.78, 5) is 8.34. The van der Waals surface area contributed by atoms with Gasteiger partial charge < -0.3 is 10.5 Å². The Morgan fingerprint density at radius 1 is 1.47 bits per heavy atom. The smallest absolute Gasteiger partial charge is 0.317 e. The lowest BCUT2D eigenvalue weighted by atomic mass is 10.1. The van der Waals surface area contributed by atoms with Gasteiger partial charge in [0.1, 0.15) is 16.8 Å². The van der Waals surface area contributed by atoms with Gasteiger partial charge >= 0.3 is 6.01 Å². The Morgan fingerprint density at radius 3 is 2.67 bits per heavy atom. The predicted molar refractivity (Wildman–Crippen MR) is 62.8 cm³/mol. The number of nitrogens with zero attached hydrogens (tertiary/aromatic N) is 2. The van der Waals surface area contributed by atoms with E-state index in [4.69, 9.17) is 22.7 Å². The van der Waals surface area contributed by atoms with E-state index in [1.165, 1.54) is 0 Å². The largest absolute Gasteiger partial charge is 0.460 e. The summed E-state index contributed by atoms with van der Waals surface area (Å²) < 4.78 is 5.53. The Labute approximate surface area is 94.9 Å². The van der Waals surface area contributed by atoms with Crippen LogP contribution in [0.2, 0.25) is 0 Å². The molecule has 0 aliphatic heterocycles. The summed E-state index contributed by atoms with van der Waals surface area (Å²) in [6.07, 6.45) is 1.65. The van der Waals surface area contributed by atoms with Crippen molar-refractivity contribution in [1.29, 1.82) is 0 Å². The Balaban J connectivity index is 2.78. The third kappa shape index (κ3) is 3.43. The minimum absolute atomic E-state index is 0.0617. The average molecular weight is 225 g/mol. The lowest BCUT2D eigenvalue weighted by Gasteiger charge is -2.16. The van der Waals surface area contributed by atoms with Crippen LogP contribution in [0, 0.1) is 5.92 Å². The fourth-order valence-electron chi connectivity index (χ4n) is 0.837. The van der Waals surface area contributed by atoms with E-state index in [1.54, 1.807) is 12.3 Å². The fraction of sp³-hybridized carbons (Fsp3) is 0.500. The highest BCUT2D eigenvalue weighted by molar-refractivity contribution is 7.80. The van der Waals surface area contributed by atoms with Crippen LogP contribution in [0.5, 0.6) is 6.01 Å². The third-order valence-corrected chi connectivity index (χ3v) is 2.33. The molecule has 82 valence electrons. The Morgan fingerprint density at radius 2 is 2.13 bits per heavy atom. The van der Waals surface area contributed by atoms with Gasteiger partial charge in [0.2, 0.25) is 0 Å². The van der Waals surface area contributed by atoms with Gasteiger partial charge in [0.05, 0.1) is 0 Å². The monoisotopic (exact) mass is 225 g/mol. The maximum atomic E-state index is 5.53. The summed E-state index contributed by atoms with van der Waals surface area (Å²) in [6.45, 7) is 6.12. The predicted octanol–water partition coefficient (Wildman–Crippen LogP) is 1.53. The molecule has 5 heteroatoms. The second-order valence-electron chi connectivity index (χ2n) is 3.66. The molecule has 0 saturated carbocycles. The third-order valence-electron chi connectivity index (χ3n) is 2.12.